The Hall–Kier alpha value is -5.58. The summed E-state index contributed by atoms with van der Waals surface area (Å²) in [6.45, 7) is 23.6. The minimum absolute atomic E-state index is 0.0644. The predicted octanol–water partition coefficient (Wildman–Crippen LogP) is 12.4. The molecule has 6 heterocycles. The Kier molecular flexibility index (Phi) is 19.3. The number of nitrogens with zero attached hydrogens (tertiary/aromatic N) is 13. The fourth-order valence-corrected chi connectivity index (χ4v) is 14.6. The summed E-state index contributed by atoms with van der Waals surface area (Å²) < 4.78 is 159. The molecule has 0 radical (unpaired) electrons. The smallest absolute Gasteiger partial charge is 0.250 e. The topological polar surface area (TPSA) is 204 Å². The largest absolute Gasteiger partial charge is 0.255 e. The van der Waals surface area contributed by atoms with Gasteiger partial charge in [0.05, 0.1) is 47.4 Å². The molecule has 0 aliphatic heterocycles. The van der Waals surface area contributed by atoms with Crippen LogP contribution in [0.3, 0.4) is 0 Å². The Morgan fingerprint density at radius 1 is 0.471 bits per heavy atom. The lowest BCUT2D eigenvalue weighted by atomic mass is 9.58. The molecule has 0 saturated heterocycles. The number of halogens is 12. The van der Waals surface area contributed by atoms with E-state index in [9.17, 15) is 52.7 Å². The monoisotopic (exact) mass is 1270 g/mol. The third-order valence-electron chi connectivity index (χ3n) is 19.7. The van der Waals surface area contributed by atoms with E-state index in [1.54, 1.807) is 64.8 Å². The van der Waals surface area contributed by atoms with Crippen LogP contribution in [0.4, 0.5) is 52.7 Å². The maximum atomic E-state index is 13.1. The number of aromatic amines is 4. The van der Waals surface area contributed by atoms with Gasteiger partial charge in [-0.1, -0.05) is 98.3 Å². The molecule has 4 N–H and O–H groups in total. The van der Waals surface area contributed by atoms with Gasteiger partial charge in [-0.25, -0.2) is 52.7 Å². The van der Waals surface area contributed by atoms with Gasteiger partial charge in [-0.05, 0) is 35.5 Å². The van der Waals surface area contributed by atoms with Crippen LogP contribution in [-0.2, 0) is 53.6 Å². The van der Waals surface area contributed by atoms with Crippen LogP contribution in [0, 0.1) is 35.5 Å². The molecule has 30 heteroatoms. The van der Waals surface area contributed by atoms with Crippen LogP contribution in [0.2, 0.25) is 0 Å². The average molecular weight is 1270 g/mol. The van der Waals surface area contributed by atoms with E-state index in [0.717, 1.165) is 16.4 Å². The van der Waals surface area contributed by atoms with Gasteiger partial charge >= 0.3 is 0 Å². The highest BCUT2D eigenvalue weighted by Gasteiger charge is 2.65. The average Bonchev–Trinajstić information content (AvgIpc) is 1.89. The minimum Gasteiger partial charge on any atom is -0.255 e. The molecule has 0 unspecified atom stereocenters. The van der Waals surface area contributed by atoms with Crippen LogP contribution >= 0.6 is 11.3 Å². The molecule has 6 aromatic rings. The first-order valence-electron chi connectivity index (χ1n) is 29.4. The summed E-state index contributed by atoms with van der Waals surface area (Å²) >= 11 is 1.38. The normalized spacial score (nSPS) is 23.1. The highest BCUT2D eigenvalue weighted by atomic mass is 32.1. The number of aromatic nitrogens is 17. The molecule has 6 aliphatic carbocycles. The summed E-state index contributed by atoms with van der Waals surface area (Å²) in [6.07, 6.45) is 7.17. The van der Waals surface area contributed by atoms with Crippen LogP contribution in [0.1, 0.15) is 194 Å². The van der Waals surface area contributed by atoms with Crippen molar-refractivity contribution in [2.75, 3.05) is 0 Å². The van der Waals surface area contributed by atoms with Crippen molar-refractivity contribution in [2.24, 2.45) is 56.7 Å². The van der Waals surface area contributed by atoms with Crippen molar-refractivity contribution >= 4 is 11.3 Å². The van der Waals surface area contributed by atoms with Crippen molar-refractivity contribution in [3.8, 4) is 0 Å². The Labute approximate surface area is 503 Å². The zero-order chi connectivity index (χ0) is 65.0. The lowest BCUT2D eigenvalue weighted by Crippen LogP contribution is -2.57. The van der Waals surface area contributed by atoms with Gasteiger partial charge in [0.25, 0.3) is 0 Å². The molecule has 6 fully saturated rings. The molecule has 0 bridgehead atoms. The van der Waals surface area contributed by atoms with E-state index in [1.165, 1.54) is 11.3 Å². The van der Waals surface area contributed by atoms with Crippen LogP contribution in [0.5, 0.6) is 0 Å². The van der Waals surface area contributed by atoms with Gasteiger partial charge in [-0.15, -0.1) is 26.6 Å². The van der Waals surface area contributed by atoms with Gasteiger partial charge in [0.1, 0.15) is 17.6 Å². The number of hydrogen-bond donors (Lipinski definition) is 3. The Bertz CT molecular complexity index is 2870. The Morgan fingerprint density at radius 3 is 1.09 bits per heavy atom. The second kappa shape index (κ2) is 24.3. The molecule has 0 atom stereocenters. The molecule has 486 valence electrons. The van der Waals surface area contributed by atoms with Crippen LogP contribution in [0.25, 0.3) is 0 Å². The third-order valence-corrected chi connectivity index (χ3v) is 20.6. The molecular formula is C57H85F12N17S+2. The number of aryl methyl sites for hydroxylation is 3. The Balaban J connectivity index is 0.000000149. The van der Waals surface area contributed by atoms with E-state index in [2.05, 4.69) is 71.8 Å². The van der Waals surface area contributed by atoms with Gasteiger partial charge in [0.2, 0.25) is 47.4 Å². The van der Waals surface area contributed by atoms with E-state index in [1.807, 2.05) is 90.1 Å². The molecular weight excluding hydrogens is 1180 g/mol. The van der Waals surface area contributed by atoms with E-state index in [0.29, 0.717) is 17.1 Å². The standard InChI is InChI=1S/3C10H15F2N3.2C9H13F2N3.C9H12F2N2S/c1-7(2)9(5-10(11,12)6-9)8-4-15(3)14-13-8;1-7(2)9(5-10(11,12)6-9)8-4-13-14-15(8)3;1-7(2)9(5-10(11,12)6-9)8-4-13-15(3)14-8;2*1-6(2)8(4-9(10,11)5-8)7-3-12-14-13-7;1-6(2)8(3-9(10,11)4-8)7-13-12-5-14-7/h3*4,7H,5-6H2,1-3H3;2*3,6H,4-5H2,1-2H3,(H,12,13,14);5-6H,3-4H2,1-2H3/p+2. The summed E-state index contributed by atoms with van der Waals surface area (Å²) in [5.74, 6) is -14.1. The van der Waals surface area contributed by atoms with Gasteiger partial charge in [-0.3, -0.25) is 4.68 Å². The van der Waals surface area contributed by atoms with Crippen molar-refractivity contribution in [3.63, 3.8) is 0 Å². The number of H-pyrrole nitrogens is 4. The van der Waals surface area contributed by atoms with Gasteiger partial charge in [-0.2, -0.15) is 40.6 Å². The molecule has 87 heavy (non-hydrogen) atoms. The van der Waals surface area contributed by atoms with Crippen molar-refractivity contribution < 1.29 is 62.5 Å². The summed E-state index contributed by atoms with van der Waals surface area (Å²) in [7, 11) is 5.32. The first kappa shape index (κ1) is 68.9. The second-order valence-corrected chi connectivity index (χ2v) is 28.3. The lowest BCUT2D eigenvalue weighted by Gasteiger charge is -2.49. The quantitative estimate of drug-likeness (QED) is 0.0781. The number of rotatable bonds is 12. The van der Waals surface area contributed by atoms with Crippen molar-refractivity contribution in [2.45, 2.75) is 228 Å². The van der Waals surface area contributed by atoms with Gasteiger partial charge < -0.3 is 0 Å². The van der Waals surface area contributed by atoms with E-state index >= 15 is 0 Å². The number of nitrogens with one attached hydrogen (secondary N) is 4. The fraction of sp³-hybridized carbons (Fsp3) is 0.789. The summed E-state index contributed by atoms with van der Waals surface area (Å²) in [4.78, 5) is 1.55. The molecule has 6 saturated carbocycles. The van der Waals surface area contributed by atoms with Crippen LogP contribution in [0.15, 0.2) is 36.5 Å². The zero-order valence-corrected chi connectivity index (χ0v) is 53.0. The molecule has 12 rings (SSSR count). The maximum Gasteiger partial charge on any atom is 0.250 e. The Morgan fingerprint density at radius 2 is 0.828 bits per heavy atom. The predicted molar refractivity (Wildman–Crippen MR) is 297 cm³/mol. The number of alkyl halides is 12. The SMILES string of the molecule is CC(C)C1(c2c[nH+]n(C)n2)CC(F)(F)C1.CC(C)C1(c2cn(C)nn2)CC(F)(F)C1.CC(C)C1(c2cn[nH][n+]2C)CC(F)(F)C1.CC(C)C1(c2cn[nH]n2)CC(F)(F)C1.CC(C)C1(c2cn[nH]n2)CC(F)(F)C1.CC(C)C1(c2nncs2)CC(F)(F)C1. The summed E-state index contributed by atoms with van der Waals surface area (Å²) in [5, 5.41) is 50.1. The second-order valence-electron chi connectivity index (χ2n) is 27.4. The van der Waals surface area contributed by atoms with Crippen molar-refractivity contribution in [1.29, 1.82) is 0 Å². The summed E-state index contributed by atoms with van der Waals surface area (Å²) in [6, 6.07) is 0. The number of hydrogen-bond acceptors (Lipinski definition) is 11. The molecule has 6 aliphatic rings. The molecule has 17 nitrogen and oxygen atoms in total. The fourth-order valence-electron chi connectivity index (χ4n) is 13.7. The lowest BCUT2D eigenvalue weighted by molar-refractivity contribution is -0.742. The summed E-state index contributed by atoms with van der Waals surface area (Å²) in [5.41, 5.74) is 2.56. The minimum atomic E-state index is -2.53. The van der Waals surface area contributed by atoms with Gasteiger partial charge in [0, 0.05) is 122 Å². The van der Waals surface area contributed by atoms with Gasteiger partial charge in [0.15, 0.2) is 11.9 Å². The third kappa shape index (κ3) is 14.1. The molecule has 0 spiro atoms. The van der Waals surface area contributed by atoms with E-state index in [4.69, 9.17) is 0 Å². The highest BCUT2D eigenvalue weighted by molar-refractivity contribution is 7.09. The van der Waals surface area contributed by atoms with Crippen molar-refractivity contribution in [3.05, 3.63) is 70.0 Å². The highest BCUT2D eigenvalue weighted by Crippen LogP contribution is 2.61. The zero-order valence-electron chi connectivity index (χ0n) is 52.2. The van der Waals surface area contributed by atoms with E-state index in [-0.39, 0.29) is 113 Å². The van der Waals surface area contributed by atoms with Crippen LogP contribution in [-0.4, -0.2) is 112 Å². The molecule has 0 amide bonds. The molecule has 6 aromatic heterocycles. The maximum absolute atomic E-state index is 13.1. The van der Waals surface area contributed by atoms with E-state index < -0.39 is 68.0 Å². The van der Waals surface area contributed by atoms with Crippen molar-refractivity contribution in [1.82, 2.24) is 76.2 Å². The first-order valence-corrected chi connectivity index (χ1v) is 30.3. The first-order chi connectivity index (χ1) is 40.0. The molecule has 0 aromatic carbocycles. The van der Waals surface area contributed by atoms with Crippen LogP contribution < -0.4 is 9.78 Å².